The molecule has 0 radical (unpaired) electrons. The molecule has 0 aromatic heterocycles. The number of rotatable bonds is 10. The van der Waals surface area contributed by atoms with Gasteiger partial charge in [0.15, 0.2) is 0 Å². The standard InChI is InChI=1S/C20H23F2NO3/c1-14(7-8-15-9-11-17(12-10-15)26-20(21)22)23-18(19(24)25)13-16-5-3-2-4-6-16/h2-6,9-12,14,18,20,23H,7-8,13H2,1H3,(H,24,25)/t14?,18-/m0/s1. The molecule has 140 valence electrons. The van der Waals surface area contributed by atoms with Gasteiger partial charge in [0.1, 0.15) is 11.8 Å². The van der Waals surface area contributed by atoms with Gasteiger partial charge in [-0.05, 0) is 49.4 Å². The van der Waals surface area contributed by atoms with Crippen molar-refractivity contribution in [3.63, 3.8) is 0 Å². The third-order valence-corrected chi connectivity index (χ3v) is 4.08. The number of benzene rings is 2. The van der Waals surface area contributed by atoms with Gasteiger partial charge in [-0.3, -0.25) is 4.79 Å². The fourth-order valence-electron chi connectivity index (χ4n) is 2.71. The van der Waals surface area contributed by atoms with E-state index >= 15 is 0 Å². The zero-order valence-electron chi connectivity index (χ0n) is 14.6. The Balaban J connectivity index is 1.84. The predicted molar refractivity (Wildman–Crippen MR) is 95.6 cm³/mol. The van der Waals surface area contributed by atoms with E-state index in [1.165, 1.54) is 12.1 Å². The molecule has 0 fully saturated rings. The minimum Gasteiger partial charge on any atom is -0.480 e. The van der Waals surface area contributed by atoms with Crippen LogP contribution in [0.1, 0.15) is 24.5 Å². The van der Waals surface area contributed by atoms with Crippen LogP contribution in [0.4, 0.5) is 8.78 Å². The Kier molecular flexibility index (Phi) is 7.53. The van der Waals surface area contributed by atoms with E-state index in [0.717, 1.165) is 17.5 Å². The van der Waals surface area contributed by atoms with Crippen molar-refractivity contribution in [1.29, 1.82) is 0 Å². The van der Waals surface area contributed by atoms with Crippen LogP contribution >= 0.6 is 0 Å². The van der Waals surface area contributed by atoms with Gasteiger partial charge in [-0.2, -0.15) is 8.78 Å². The summed E-state index contributed by atoms with van der Waals surface area (Å²) in [5.41, 5.74) is 1.95. The first-order valence-corrected chi connectivity index (χ1v) is 8.50. The number of halogens is 2. The molecule has 0 saturated carbocycles. The lowest BCUT2D eigenvalue weighted by Gasteiger charge is -2.20. The van der Waals surface area contributed by atoms with E-state index in [-0.39, 0.29) is 11.8 Å². The first kappa shape index (κ1) is 19.8. The Bertz CT molecular complexity index is 677. The van der Waals surface area contributed by atoms with E-state index in [1.54, 1.807) is 12.1 Å². The molecule has 1 unspecified atom stereocenters. The van der Waals surface area contributed by atoms with Crippen LogP contribution in [-0.2, 0) is 17.6 Å². The van der Waals surface area contributed by atoms with E-state index < -0.39 is 18.6 Å². The second kappa shape index (κ2) is 9.87. The molecule has 0 aliphatic carbocycles. The SMILES string of the molecule is CC(CCc1ccc(OC(F)F)cc1)N[C@@H](Cc1ccccc1)C(=O)O. The minimum atomic E-state index is -2.83. The maximum atomic E-state index is 12.1. The van der Waals surface area contributed by atoms with Crippen molar-refractivity contribution >= 4 is 5.97 Å². The van der Waals surface area contributed by atoms with Crippen molar-refractivity contribution in [2.45, 2.75) is 44.9 Å². The quantitative estimate of drug-likeness (QED) is 0.672. The molecule has 0 saturated heterocycles. The summed E-state index contributed by atoms with van der Waals surface area (Å²) in [5, 5.41) is 12.6. The van der Waals surface area contributed by atoms with E-state index in [1.807, 2.05) is 37.3 Å². The van der Waals surface area contributed by atoms with Gasteiger partial charge in [-0.1, -0.05) is 42.5 Å². The van der Waals surface area contributed by atoms with Crippen LogP contribution in [0.3, 0.4) is 0 Å². The van der Waals surface area contributed by atoms with E-state index in [4.69, 9.17) is 0 Å². The van der Waals surface area contributed by atoms with Crippen LogP contribution in [0.5, 0.6) is 5.75 Å². The van der Waals surface area contributed by atoms with E-state index in [0.29, 0.717) is 12.8 Å². The molecule has 26 heavy (non-hydrogen) atoms. The van der Waals surface area contributed by atoms with Crippen LogP contribution in [0.25, 0.3) is 0 Å². The number of aliphatic carboxylic acids is 1. The van der Waals surface area contributed by atoms with Gasteiger partial charge in [-0.25, -0.2) is 0 Å². The molecular weight excluding hydrogens is 340 g/mol. The highest BCUT2D eigenvalue weighted by Crippen LogP contribution is 2.16. The van der Waals surface area contributed by atoms with Gasteiger partial charge < -0.3 is 15.2 Å². The number of alkyl halides is 2. The second-order valence-electron chi connectivity index (χ2n) is 6.21. The number of hydrogen-bond donors (Lipinski definition) is 2. The lowest BCUT2D eigenvalue weighted by molar-refractivity contribution is -0.139. The molecule has 2 aromatic rings. The van der Waals surface area contributed by atoms with E-state index in [2.05, 4.69) is 10.1 Å². The Morgan fingerprint density at radius 1 is 1.08 bits per heavy atom. The van der Waals surface area contributed by atoms with Crippen LogP contribution in [0.15, 0.2) is 54.6 Å². The molecule has 0 aliphatic heterocycles. The maximum Gasteiger partial charge on any atom is 0.387 e. The highest BCUT2D eigenvalue weighted by molar-refractivity contribution is 5.74. The van der Waals surface area contributed by atoms with Crippen LogP contribution in [0.2, 0.25) is 0 Å². The minimum absolute atomic E-state index is 0.00296. The Hall–Kier alpha value is -2.47. The number of carbonyl (C=O) groups is 1. The highest BCUT2D eigenvalue weighted by atomic mass is 19.3. The first-order chi connectivity index (χ1) is 12.4. The summed E-state index contributed by atoms with van der Waals surface area (Å²) in [6.45, 7) is -0.891. The van der Waals surface area contributed by atoms with Gasteiger partial charge in [0.05, 0.1) is 0 Å². The van der Waals surface area contributed by atoms with Crippen molar-refractivity contribution in [2.75, 3.05) is 0 Å². The van der Waals surface area contributed by atoms with Crippen molar-refractivity contribution in [3.05, 3.63) is 65.7 Å². The molecule has 0 heterocycles. The molecule has 4 nitrogen and oxygen atoms in total. The molecular formula is C20H23F2NO3. The summed E-state index contributed by atoms with van der Waals surface area (Å²) in [6.07, 6.45) is 1.86. The fraction of sp³-hybridized carbons (Fsp3) is 0.350. The van der Waals surface area contributed by atoms with Crippen LogP contribution in [-0.4, -0.2) is 29.8 Å². The van der Waals surface area contributed by atoms with Crippen molar-refractivity contribution in [2.24, 2.45) is 0 Å². The molecule has 2 rings (SSSR count). The van der Waals surface area contributed by atoms with Crippen LogP contribution in [0, 0.1) is 0 Å². The van der Waals surface area contributed by atoms with Crippen molar-refractivity contribution < 1.29 is 23.4 Å². The molecule has 0 amide bonds. The summed E-state index contributed by atoms with van der Waals surface area (Å²) >= 11 is 0. The molecule has 2 N–H and O–H groups in total. The number of hydrogen-bond acceptors (Lipinski definition) is 3. The zero-order chi connectivity index (χ0) is 18.9. The summed E-state index contributed by atoms with van der Waals surface area (Å²) in [6, 6.07) is 15.3. The van der Waals surface area contributed by atoms with Gasteiger partial charge >= 0.3 is 12.6 Å². The highest BCUT2D eigenvalue weighted by Gasteiger charge is 2.19. The molecule has 6 heteroatoms. The molecule has 0 spiro atoms. The van der Waals surface area contributed by atoms with Crippen molar-refractivity contribution in [1.82, 2.24) is 5.32 Å². The summed E-state index contributed by atoms with van der Waals surface area (Å²) < 4.78 is 28.6. The number of ether oxygens (including phenoxy) is 1. The van der Waals surface area contributed by atoms with Gasteiger partial charge in [0, 0.05) is 6.04 Å². The summed E-state index contributed by atoms with van der Waals surface area (Å²) in [5.74, 6) is -0.752. The lowest BCUT2D eigenvalue weighted by atomic mass is 10.0. The molecule has 0 aliphatic rings. The Labute approximate surface area is 151 Å². The molecule has 2 aromatic carbocycles. The van der Waals surface area contributed by atoms with Gasteiger partial charge in [-0.15, -0.1) is 0 Å². The summed E-state index contributed by atoms with van der Waals surface area (Å²) in [4.78, 5) is 11.5. The molecule has 0 bridgehead atoms. The summed E-state index contributed by atoms with van der Waals surface area (Å²) in [7, 11) is 0. The lowest BCUT2D eigenvalue weighted by Crippen LogP contribution is -2.43. The second-order valence-corrected chi connectivity index (χ2v) is 6.21. The fourth-order valence-corrected chi connectivity index (χ4v) is 2.71. The largest absolute Gasteiger partial charge is 0.480 e. The topological polar surface area (TPSA) is 58.6 Å². The average molecular weight is 363 g/mol. The number of carboxylic acids is 1. The van der Waals surface area contributed by atoms with Gasteiger partial charge in [0.2, 0.25) is 0 Å². The molecule has 2 atom stereocenters. The van der Waals surface area contributed by atoms with Crippen LogP contribution < -0.4 is 10.1 Å². The Morgan fingerprint density at radius 3 is 2.31 bits per heavy atom. The smallest absolute Gasteiger partial charge is 0.387 e. The third-order valence-electron chi connectivity index (χ3n) is 4.08. The first-order valence-electron chi connectivity index (χ1n) is 8.50. The monoisotopic (exact) mass is 363 g/mol. The zero-order valence-corrected chi connectivity index (χ0v) is 14.6. The number of carboxylic acid groups (broad SMARTS) is 1. The number of nitrogens with one attached hydrogen (secondary N) is 1. The van der Waals surface area contributed by atoms with Crippen molar-refractivity contribution in [3.8, 4) is 5.75 Å². The normalized spacial score (nSPS) is 13.4. The third kappa shape index (κ3) is 6.80. The van der Waals surface area contributed by atoms with Gasteiger partial charge in [0.25, 0.3) is 0 Å². The Morgan fingerprint density at radius 2 is 1.73 bits per heavy atom. The predicted octanol–water partition coefficient (Wildman–Crippen LogP) is 3.89. The average Bonchev–Trinajstić information content (AvgIpc) is 2.61. The number of aryl methyl sites for hydroxylation is 1. The van der Waals surface area contributed by atoms with E-state index in [9.17, 15) is 18.7 Å². The maximum absolute atomic E-state index is 12.1.